The Morgan fingerprint density at radius 2 is 2.43 bits per heavy atom. The fourth-order valence-corrected chi connectivity index (χ4v) is 3.24. The van der Waals surface area contributed by atoms with Gasteiger partial charge in [-0.05, 0) is 12.8 Å². The highest BCUT2D eigenvalue weighted by molar-refractivity contribution is 8.00. The summed E-state index contributed by atoms with van der Waals surface area (Å²) in [4.78, 5) is 13.6. The van der Waals surface area contributed by atoms with Crippen LogP contribution >= 0.6 is 11.8 Å². The van der Waals surface area contributed by atoms with Crippen molar-refractivity contribution in [2.45, 2.75) is 31.4 Å². The average Bonchev–Trinajstić information content (AvgIpc) is 2.65. The van der Waals surface area contributed by atoms with Gasteiger partial charge in [0.05, 0.1) is 0 Å². The lowest BCUT2D eigenvalue weighted by Crippen LogP contribution is -2.36. The summed E-state index contributed by atoms with van der Waals surface area (Å²) in [5.74, 6) is 1.52. The molecule has 1 aliphatic heterocycles. The maximum absolute atomic E-state index is 11.1. The Kier molecular flexibility index (Phi) is 3.16. The number of carbonyl (C=O) groups is 1. The highest BCUT2D eigenvalue weighted by Gasteiger charge is 2.23. The molecule has 0 N–H and O–H groups in total. The molecule has 1 saturated heterocycles. The van der Waals surface area contributed by atoms with Crippen LogP contribution in [0.1, 0.15) is 26.2 Å². The van der Waals surface area contributed by atoms with E-state index in [2.05, 4.69) is 23.6 Å². The molecule has 1 fully saturated rings. The number of hydrogen-bond donors (Lipinski definition) is 0. The summed E-state index contributed by atoms with van der Waals surface area (Å²) in [5, 5.41) is 0.764. The molecule has 14 heavy (non-hydrogen) atoms. The molecule has 0 aromatic rings. The molecule has 2 rings (SSSR count). The topological polar surface area (TPSA) is 20.3 Å². The van der Waals surface area contributed by atoms with E-state index in [9.17, 15) is 4.79 Å². The Labute approximate surface area is 89.7 Å². The molecule has 0 aromatic carbocycles. The van der Waals surface area contributed by atoms with Crippen molar-refractivity contribution in [1.82, 2.24) is 4.90 Å². The van der Waals surface area contributed by atoms with Crippen LogP contribution in [0, 0.1) is 0 Å². The van der Waals surface area contributed by atoms with Gasteiger partial charge in [0.2, 0.25) is 0 Å². The molecule has 2 aliphatic rings. The lowest BCUT2D eigenvalue weighted by molar-refractivity contribution is -0.114. The second-order valence-corrected chi connectivity index (χ2v) is 5.36. The van der Waals surface area contributed by atoms with E-state index >= 15 is 0 Å². The third-order valence-electron chi connectivity index (χ3n) is 2.96. The van der Waals surface area contributed by atoms with Crippen molar-refractivity contribution >= 4 is 17.5 Å². The zero-order chi connectivity index (χ0) is 9.97. The minimum Gasteiger partial charge on any atom is -0.373 e. The first-order valence-electron chi connectivity index (χ1n) is 5.39. The Morgan fingerprint density at radius 3 is 3.07 bits per heavy atom. The molecule has 2 nitrogen and oxygen atoms in total. The zero-order valence-electron chi connectivity index (χ0n) is 8.66. The van der Waals surface area contributed by atoms with E-state index in [1.807, 2.05) is 6.08 Å². The molecule has 3 heteroatoms. The zero-order valence-corrected chi connectivity index (χ0v) is 9.48. The molecule has 78 valence electrons. The normalized spacial score (nSPS) is 28.1. The van der Waals surface area contributed by atoms with Gasteiger partial charge in [-0.3, -0.25) is 4.79 Å². The van der Waals surface area contributed by atoms with E-state index in [0.717, 1.165) is 31.2 Å². The largest absolute Gasteiger partial charge is 0.373 e. The van der Waals surface area contributed by atoms with Crippen molar-refractivity contribution in [1.29, 1.82) is 0 Å². The number of rotatable bonds is 2. The molecule has 1 aliphatic carbocycles. The summed E-state index contributed by atoms with van der Waals surface area (Å²) in [6.07, 6.45) is 4.79. The number of allylic oxidation sites excluding steroid dienone is 2. The molecule has 1 heterocycles. The number of ketones is 1. The average molecular weight is 211 g/mol. The Morgan fingerprint density at radius 1 is 1.57 bits per heavy atom. The lowest BCUT2D eigenvalue weighted by atomic mass is 10.2. The van der Waals surface area contributed by atoms with Crippen molar-refractivity contribution in [3.63, 3.8) is 0 Å². The van der Waals surface area contributed by atoms with Gasteiger partial charge >= 0.3 is 0 Å². The van der Waals surface area contributed by atoms with Gasteiger partial charge in [-0.15, -0.1) is 0 Å². The summed E-state index contributed by atoms with van der Waals surface area (Å²) in [6, 6.07) is 0. The van der Waals surface area contributed by atoms with Gasteiger partial charge < -0.3 is 4.90 Å². The highest BCUT2D eigenvalue weighted by atomic mass is 32.2. The molecular formula is C11H17NOS. The van der Waals surface area contributed by atoms with Crippen LogP contribution < -0.4 is 0 Å². The summed E-state index contributed by atoms with van der Waals surface area (Å²) < 4.78 is 0. The predicted octanol–water partition coefficient (Wildman–Crippen LogP) is 2.06. The van der Waals surface area contributed by atoms with E-state index in [-0.39, 0.29) is 0 Å². The number of carbonyl (C=O) groups excluding carboxylic acids is 1. The lowest BCUT2D eigenvalue weighted by Gasteiger charge is -2.34. The second kappa shape index (κ2) is 4.39. The van der Waals surface area contributed by atoms with Crippen LogP contribution in [0.2, 0.25) is 0 Å². The molecular weight excluding hydrogens is 194 g/mol. The second-order valence-electron chi connectivity index (χ2n) is 3.95. The van der Waals surface area contributed by atoms with Crippen LogP contribution in [0.4, 0.5) is 0 Å². The van der Waals surface area contributed by atoms with E-state index in [4.69, 9.17) is 0 Å². The quantitative estimate of drug-likeness (QED) is 0.697. The molecule has 0 aromatic heterocycles. The van der Waals surface area contributed by atoms with Crippen LogP contribution in [0.3, 0.4) is 0 Å². The smallest absolute Gasteiger partial charge is 0.157 e. The SMILES string of the molecule is CCC1CN(C2=CC(=O)CC2)CCS1. The third-order valence-corrected chi connectivity index (χ3v) is 4.33. The van der Waals surface area contributed by atoms with Gasteiger partial charge in [-0.1, -0.05) is 6.92 Å². The summed E-state index contributed by atoms with van der Waals surface area (Å²) in [6.45, 7) is 4.51. The molecule has 1 atom stereocenters. The monoisotopic (exact) mass is 211 g/mol. The number of hydrogen-bond acceptors (Lipinski definition) is 3. The van der Waals surface area contributed by atoms with Crippen LogP contribution in [0.15, 0.2) is 11.8 Å². The van der Waals surface area contributed by atoms with E-state index in [1.54, 1.807) is 0 Å². The van der Waals surface area contributed by atoms with Crippen LogP contribution in [-0.4, -0.2) is 34.8 Å². The van der Waals surface area contributed by atoms with Crippen molar-refractivity contribution in [3.05, 3.63) is 11.8 Å². The van der Waals surface area contributed by atoms with Gasteiger partial charge in [0.15, 0.2) is 5.78 Å². The minimum absolute atomic E-state index is 0.311. The van der Waals surface area contributed by atoms with Crippen LogP contribution in [0.5, 0.6) is 0 Å². The van der Waals surface area contributed by atoms with Gasteiger partial charge in [0.25, 0.3) is 0 Å². The van der Waals surface area contributed by atoms with E-state index in [0.29, 0.717) is 5.78 Å². The highest BCUT2D eigenvalue weighted by Crippen LogP contribution is 2.27. The Balaban J connectivity index is 1.97. The van der Waals surface area contributed by atoms with Crippen molar-refractivity contribution in [2.24, 2.45) is 0 Å². The fraction of sp³-hybridized carbons (Fsp3) is 0.727. The van der Waals surface area contributed by atoms with Crippen molar-refractivity contribution in [2.75, 3.05) is 18.8 Å². The standard InChI is InChI=1S/C11H17NOS/c1-2-11-8-12(5-6-14-11)9-3-4-10(13)7-9/h7,11H,2-6,8H2,1H3. The molecule has 0 radical (unpaired) electrons. The van der Waals surface area contributed by atoms with Crippen molar-refractivity contribution in [3.8, 4) is 0 Å². The maximum atomic E-state index is 11.1. The molecule has 1 unspecified atom stereocenters. The molecule has 0 saturated carbocycles. The summed E-state index contributed by atoms with van der Waals surface area (Å²) in [7, 11) is 0. The fourth-order valence-electron chi connectivity index (χ4n) is 2.06. The molecule has 0 amide bonds. The first-order chi connectivity index (χ1) is 6.79. The van der Waals surface area contributed by atoms with Gasteiger partial charge in [-0.2, -0.15) is 11.8 Å². The minimum atomic E-state index is 0.311. The first-order valence-corrected chi connectivity index (χ1v) is 6.44. The summed E-state index contributed by atoms with van der Waals surface area (Å²) >= 11 is 2.07. The molecule has 0 bridgehead atoms. The molecule has 0 spiro atoms. The Bertz CT molecular complexity index is 262. The predicted molar refractivity (Wildman–Crippen MR) is 60.4 cm³/mol. The Hall–Kier alpha value is -0.440. The van der Waals surface area contributed by atoms with Crippen LogP contribution in [-0.2, 0) is 4.79 Å². The third kappa shape index (κ3) is 2.14. The number of nitrogens with zero attached hydrogens (tertiary/aromatic N) is 1. The van der Waals surface area contributed by atoms with Crippen molar-refractivity contribution < 1.29 is 4.79 Å². The van der Waals surface area contributed by atoms with Gasteiger partial charge in [-0.25, -0.2) is 0 Å². The van der Waals surface area contributed by atoms with Gasteiger partial charge in [0.1, 0.15) is 0 Å². The first kappa shape index (κ1) is 10.1. The maximum Gasteiger partial charge on any atom is 0.157 e. The summed E-state index contributed by atoms with van der Waals surface area (Å²) in [5.41, 5.74) is 1.29. The van der Waals surface area contributed by atoms with E-state index < -0.39 is 0 Å². The van der Waals surface area contributed by atoms with Gasteiger partial charge in [0, 0.05) is 42.3 Å². The number of thioether (sulfide) groups is 1. The van der Waals surface area contributed by atoms with E-state index in [1.165, 1.54) is 17.9 Å². The van der Waals surface area contributed by atoms with Crippen LogP contribution in [0.25, 0.3) is 0 Å².